The third kappa shape index (κ3) is 8.02. The van der Waals surface area contributed by atoms with Crippen LogP contribution in [0.1, 0.15) is 36.8 Å². The number of hydrogen-bond acceptors (Lipinski definition) is 3. The molecule has 0 saturated carbocycles. The Kier molecular flexibility index (Phi) is 12.1. The number of carbonyl (C=O) groups excluding carboxylic acids is 1. The molecule has 1 aliphatic heterocycles. The molecule has 6 heteroatoms. The lowest BCUT2D eigenvalue weighted by Crippen LogP contribution is -2.25. The van der Waals surface area contributed by atoms with Crippen LogP contribution in [0.25, 0.3) is 0 Å². The van der Waals surface area contributed by atoms with E-state index >= 15 is 0 Å². The van der Waals surface area contributed by atoms with Crippen molar-refractivity contribution in [2.45, 2.75) is 38.8 Å². The Hall–Kier alpha value is -0.810. The lowest BCUT2D eigenvalue weighted by Gasteiger charge is -2.17. The molecule has 0 bridgehead atoms. The summed E-state index contributed by atoms with van der Waals surface area (Å²) in [5, 5.41) is 6.10. The molecule has 0 radical (unpaired) electrons. The van der Waals surface area contributed by atoms with E-state index in [1.165, 1.54) is 37.1 Å². The monoisotopic (exact) mass is 361 g/mol. The lowest BCUT2D eigenvalue weighted by molar-refractivity contribution is -0.121. The van der Waals surface area contributed by atoms with Crippen LogP contribution in [0.5, 0.6) is 0 Å². The van der Waals surface area contributed by atoms with Crippen molar-refractivity contribution < 1.29 is 4.79 Å². The highest BCUT2D eigenvalue weighted by Crippen LogP contribution is 2.16. The van der Waals surface area contributed by atoms with Crippen LogP contribution >= 0.6 is 24.8 Å². The molecule has 0 unspecified atom stereocenters. The Morgan fingerprint density at radius 1 is 1.13 bits per heavy atom. The van der Waals surface area contributed by atoms with E-state index in [2.05, 4.69) is 39.8 Å². The van der Waals surface area contributed by atoms with Crippen molar-refractivity contribution in [1.82, 2.24) is 15.5 Å². The van der Waals surface area contributed by atoms with E-state index in [-0.39, 0.29) is 30.7 Å². The summed E-state index contributed by atoms with van der Waals surface area (Å²) in [7, 11) is 1.91. The van der Waals surface area contributed by atoms with E-state index in [9.17, 15) is 4.79 Å². The van der Waals surface area contributed by atoms with Gasteiger partial charge in [-0.1, -0.05) is 24.3 Å². The van der Waals surface area contributed by atoms with Gasteiger partial charge in [-0.15, -0.1) is 24.8 Å². The van der Waals surface area contributed by atoms with Crippen molar-refractivity contribution in [3.63, 3.8) is 0 Å². The summed E-state index contributed by atoms with van der Waals surface area (Å²) in [4.78, 5) is 14.3. The molecule has 1 aromatic rings. The summed E-state index contributed by atoms with van der Waals surface area (Å²) in [6, 6.07) is 8.44. The predicted molar refractivity (Wildman–Crippen MR) is 100 cm³/mol. The highest BCUT2D eigenvalue weighted by molar-refractivity contribution is 5.85. The van der Waals surface area contributed by atoms with Crippen LogP contribution in [0.4, 0.5) is 0 Å². The number of nitrogens with one attached hydrogen (secondary N) is 2. The van der Waals surface area contributed by atoms with Crippen molar-refractivity contribution in [1.29, 1.82) is 0 Å². The molecule has 0 aromatic heterocycles. The standard InChI is InChI=1S/C17H27N3O.2ClH/c1-18-10-6-9-17(21)19-13-15-7-2-3-8-16(15)14-20-11-4-5-12-20;;/h2-3,7-8,18H,4-6,9-14H2,1H3,(H,19,21);2*1H. The van der Waals surface area contributed by atoms with Gasteiger partial charge in [-0.05, 0) is 57.1 Å². The van der Waals surface area contributed by atoms with Crippen LogP contribution in [0.3, 0.4) is 0 Å². The third-order valence-corrected chi connectivity index (χ3v) is 4.02. The molecule has 132 valence electrons. The van der Waals surface area contributed by atoms with E-state index in [0.29, 0.717) is 13.0 Å². The fourth-order valence-electron chi connectivity index (χ4n) is 2.77. The van der Waals surface area contributed by atoms with Gasteiger partial charge >= 0.3 is 0 Å². The number of nitrogens with zero attached hydrogens (tertiary/aromatic N) is 1. The average Bonchev–Trinajstić information content (AvgIpc) is 3.00. The minimum atomic E-state index is 0. The normalized spacial score (nSPS) is 14.0. The summed E-state index contributed by atoms with van der Waals surface area (Å²) < 4.78 is 0. The van der Waals surface area contributed by atoms with Gasteiger partial charge in [0.05, 0.1) is 0 Å². The van der Waals surface area contributed by atoms with E-state index in [0.717, 1.165) is 19.5 Å². The minimum absolute atomic E-state index is 0. The molecule has 1 heterocycles. The SMILES string of the molecule is CNCCCC(=O)NCc1ccccc1CN1CCCC1.Cl.Cl. The number of benzene rings is 1. The second-order valence-electron chi connectivity index (χ2n) is 5.74. The van der Waals surface area contributed by atoms with Crippen LogP contribution in [0.2, 0.25) is 0 Å². The molecule has 1 aromatic carbocycles. The molecule has 1 saturated heterocycles. The smallest absolute Gasteiger partial charge is 0.220 e. The second-order valence-corrected chi connectivity index (χ2v) is 5.74. The maximum Gasteiger partial charge on any atom is 0.220 e. The molecule has 4 nitrogen and oxygen atoms in total. The molecule has 1 aliphatic rings. The van der Waals surface area contributed by atoms with Crippen LogP contribution in [-0.4, -0.2) is 37.5 Å². The Morgan fingerprint density at radius 2 is 1.78 bits per heavy atom. The molecule has 1 fully saturated rings. The van der Waals surface area contributed by atoms with E-state index in [4.69, 9.17) is 0 Å². The van der Waals surface area contributed by atoms with Crippen LogP contribution in [-0.2, 0) is 17.9 Å². The molecule has 2 N–H and O–H groups in total. The van der Waals surface area contributed by atoms with E-state index < -0.39 is 0 Å². The maximum atomic E-state index is 11.8. The van der Waals surface area contributed by atoms with Crippen molar-refractivity contribution in [3.8, 4) is 0 Å². The topological polar surface area (TPSA) is 44.4 Å². The first-order valence-corrected chi connectivity index (χ1v) is 8.00. The first-order chi connectivity index (χ1) is 10.3. The Balaban J connectivity index is 0.00000242. The third-order valence-electron chi connectivity index (χ3n) is 4.02. The quantitative estimate of drug-likeness (QED) is 0.699. The summed E-state index contributed by atoms with van der Waals surface area (Å²) in [5.41, 5.74) is 2.58. The van der Waals surface area contributed by atoms with E-state index in [1.54, 1.807) is 0 Å². The van der Waals surface area contributed by atoms with Crippen molar-refractivity contribution in [2.24, 2.45) is 0 Å². The number of hydrogen-bond donors (Lipinski definition) is 2. The molecule has 23 heavy (non-hydrogen) atoms. The molecule has 0 aliphatic carbocycles. The average molecular weight is 362 g/mol. The number of amides is 1. The van der Waals surface area contributed by atoms with Gasteiger partial charge in [0.1, 0.15) is 0 Å². The molecule has 1 amide bonds. The van der Waals surface area contributed by atoms with E-state index in [1.807, 2.05) is 7.05 Å². The Bertz CT molecular complexity index is 451. The minimum Gasteiger partial charge on any atom is -0.352 e. The lowest BCUT2D eigenvalue weighted by atomic mass is 10.1. The van der Waals surface area contributed by atoms with Gasteiger partial charge in [0.2, 0.25) is 5.91 Å². The van der Waals surface area contributed by atoms with Crippen molar-refractivity contribution in [3.05, 3.63) is 35.4 Å². The maximum absolute atomic E-state index is 11.8. The second kappa shape index (κ2) is 12.6. The number of likely N-dealkylation sites (tertiary alicyclic amines) is 1. The Morgan fingerprint density at radius 3 is 2.43 bits per heavy atom. The number of carbonyl (C=O) groups is 1. The van der Waals surface area contributed by atoms with Crippen LogP contribution < -0.4 is 10.6 Å². The first-order valence-electron chi connectivity index (χ1n) is 8.00. The van der Waals surface area contributed by atoms with Gasteiger partial charge in [0, 0.05) is 19.5 Å². The van der Waals surface area contributed by atoms with Crippen molar-refractivity contribution in [2.75, 3.05) is 26.7 Å². The summed E-state index contributed by atoms with van der Waals surface area (Å²) in [6.07, 6.45) is 4.10. The molecular formula is C17H29Cl2N3O. The fourth-order valence-corrected chi connectivity index (χ4v) is 2.77. The van der Waals surface area contributed by atoms with Crippen LogP contribution in [0, 0.1) is 0 Å². The molecular weight excluding hydrogens is 333 g/mol. The zero-order valence-corrected chi connectivity index (χ0v) is 15.5. The largest absolute Gasteiger partial charge is 0.352 e. The number of rotatable bonds is 8. The number of halogens is 2. The fraction of sp³-hybridized carbons (Fsp3) is 0.588. The summed E-state index contributed by atoms with van der Waals surface area (Å²) in [6.45, 7) is 4.93. The van der Waals surface area contributed by atoms with Gasteiger partial charge in [-0.2, -0.15) is 0 Å². The van der Waals surface area contributed by atoms with Gasteiger partial charge in [-0.25, -0.2) is 0 Å². The zero-order valence-electron chi connectivity index (χ0n) is 13.8. The summed E-state index contributed by atoms with van der Waals surface area (Å²) in [5.74, 6) is 0.140. The highest BCUT2D eigenvalue weighted by atomic mass is 35.5. The van der Waals surface area contributed by atoms with Gasteiger partial charge in [0.25, 0.3) is 0 Å². The van der Waals surface area contributed by atoms with Gasteiger partial charge in [-0.3, -0.25) is 9.69 Å². The zero-order chi connectivity index (χ0) is 14.9. The predicted octanol–water partition coefficient (Wildman–Crippen LogP) is 2.74. The highest BCUT2D eigenvalue weighted by Gasteiger charge is 2.13. The molecule has 0 spiro atoms. The first kappa shape index (κ1) is 22.2. The Labute approximate surface area is 152 Å². The van der Waals surface area contributed by atoms with Crippen molar-refractivity contribution >= 4 is 30.7 Å². The van der Waals surface area contributed by atoms with Crippen LogP contribution in [0.15, 0.2) is 24.3 Å². The molecule has 0 atom stereocenters. The van der Waals surface area contributed by atoms with Gasteiger partial charge in [0.15, 0.2) is 0 Å². The van der Waals surface area contributed by atoms with Gasteiger partial charge < -0.3 is 10.6 Å². The summed E-state index contributed by atoms with van der Waals surface area (Å²) >= 11 is 0. The molecule has 2 rings (SSSR count).